The molecule has 4 aromatic rings. The molecule has 0 bridgehead atoms. The molecule has 0 unspecified atom stereocenters. The number of nitrogens with zero attached hydrogens (tertiary/aromatic N) is 3. The van der Waals surface area contributed by atoms with Gasteiger partial charge in [-0.05, 0) is 67.5 Å². The van der Waals surface area contributed by atoms with Gasteiger partial charge in [0.25, 0.3) is 0 Å². The highest BCUT2D eigenvalue weighted by atomic mass is 19.1. The van der Waals surface area contributed by atoms with Gasteiger partial charge in [-0.15, -0.1) is 0 Å². The number of nitrogen functional groups attached to an aromatic ring is 1. The number of rotatable bonds is 10. The molecular formula is C33H40FN5O2. The van der Waals surface area contributed by atoms with Crippen LogP contribution >= 0.6 is 0 Å². The van der Waals surface area contributed by atoms with E-state index in [1.54, 1.807) is 25.4 Å². The van der Waals surface area contributed by atoms with Gasteiger partial charge in [-0.2, -0.15) is 0 Å². The van der Waals surface area contributed by atoms with Crippen LogP contribution in [0.3, 0.4) is 0 Å². The molecule has 0 spiro atoms. The van der Waals surface area contributed by atoms with Crippen molar-refractivity contribution < 1.29 is 13.9 Å². The monoisotopic (exact) mass is 557 g/mol. The third kappa shape index (κ3) is 6.44. The number of benzene rings is 2. The molecule has 216 valence electrons. The standard InChI is InChI=1S/C33H40FN5O2/c1-22-28-7-3-8-29(34)33(28)39(16-5-17-41-2)32(22)26-6-4-15-38(21-26)31(40)19-27(35)18-23-9-11-24(12-10-23)25-13-14-30(36)37-20-25/h3,7-14,20,26-27H,4-6,15-19,21,35H2,1-2H3,(H2,36,37)/t26-,27-/m1/s1. The van der Waals surface area contributed by atoms with Gasteiger partial charge in [0.2, 0.25) is 5.91 Å². The number of pyridine rings is 1. The third-order valence-corrected chi connectivity index (χ3v) is 8.24. The predicted octanol–water partition coefficient (Wildman–Crippen LogP) is 5.44. The van der Waals surface area contributed by atoms with Crippen molar-refractivity contribution >= 4 is 22.6 Å². The highest BCUT2D eigenvalue weighted by Gasteiger charge is 2.30. The fourth-order valence-electron chi connectivity index (χ4n) is 6.24. The van der Waals surface area contributed by atoms with Crippen molar-refractivity contribution in [1.82, 2.24) is 14.5 Å². The summed E-state index contributed by atoms with van der Waals surface area (Å²) in [6.45, 7) is 4.72. The van der Waals surface area contributed by atoms with Crippen LogP contribution in [0.25, 0.3) is 22.0 Å². The number of halogens is 1. The first-order valence-corrected chi connectivity index (χ1v) is 14.5. The van der Waals surface area contributed by atoms with Crippen molar-refractivity contribution in [2.24, 2.45) is 5.73 Å². The SMILES string of the molecule is COCCCn1c([C@@H]2CCCN(C(=O)C[C@H](N)Cc3ccc(-c4ccc(N)nc4)cc3)C2)c(C)c2cccc(F)c21. The Labute approximate surface area is 241 Å². The maximum atomic E-state index is 15.0. The van der Waals surface area contributed by atoms with E-state index in [0.29, 0.717) is 43.9 Å². The number of nitrogens with two attached hydrogens (primary N) is 2. The molecule has 0 radical (unpaired) electrons. The van der Waals surface area contributed by atoms with E-state index in [9.17, 15) is 4.79 Å². The summed E-state index contributed by atoms with van der Waals surface area (Å²) in [6.07, 6.45) is 5.35. The summed E-state index contributed by atoms with van der Waals surface area (Å²) in [5.41, 5.74) is 18.2. The highest BCUT2D eigenvalue weighted by molar-refractivity contribution is 5.86. The van der Waals surface area contributed by atoms with Gasteiger partial charge in [0, 0.05) is 74.6 Å². The Kier molecular flexibility index (Phi) is 9.00. The van der Waals surface area contributed by atoms with Gasteiger partial charge >= 0.3 is 0 Å². The quantitative estimate of drug-likeness (QED) is 0.253. The number of para-hydroxylation sites is 1. The first kappa shape index (κ1) is 28.8. The van der Waals surface area contributed by atoms with Gasteiger partial charge < -0.3 is 25.7 Å². The number of aryl methyl sites for hydroxylation is 2. The minimum Gasteiger partial charge on any atom is -0.385 e. The number of aromatic nitrogens is 2. The zero-order chi connectivity index (χ0) is 28.9. The topological polar surface area (TPSA) is 99.4 Å². The summed E-state index contributed by atoms with van der Waals surface area (Å²) in [5, 5.41) is 0.946. The molecule has 0 saturated carbocycles. The Morgan fingerprint density at radius 2 is 1.93 bits per heavy atom. The number of hydrogen-bond donors (Lipinski definition) is 2. The molecule has 5 rings (SSSR count). The van der Waals surface area contributed by atoms with Crippen molar-refractivity contribution in [2.75, 3.05) is 32.5 Å². The molecule has 2 atom stereocenters. The van der Waals surface area contributed by atoms with Crippen LogP contribution in [0.5, 0.6) is 0 Å². The number of hydrogen-bond acceptors (Lipinski definition) is 5. The summed E-state index contributed by atoms with van der Waals surface area (Å²) >= 11 is 0. The van der Waals surface area contributed by atoms with Crippen molar-refractivity contribution in [3.8, 4) is 11.1 Å². The van der Waals surface area contributed by atoms with Crippen LogP contribution in [0.15, 0.2) is 60.8 Å². The number of carbonyl (C=O) groups excluding carboxylic acids is 1. The summed E-state index contributed by atoms with van der Waals surface area (Å²) in [5.74, 6) is 0.517. The fourth-order valence-corrected chi connectivity index (χ4v) is 6.24. The van der Waals surface area contributed by atoms with E-state index < -0.39 is 0 Å². The second-order valence-corrected chi connectivity index (χ2v) is 11.2. The summed E-state index contributed by atoms with van der Waals surface area (Å²) in [4.78, 5) is 19.5. The van der Waals surface area contributed by atoms with Gasteiger partial charge in [0.15, 0.2) is 0 Å². The maximum Gasteiger partial charge on any atom is 0.224 e. The van der Waals surface area contributed by atoms with Gasteiger partial charge in [0.1, 0.15) is 11.6 Å². The summed E-state index contributed by atoms with van der Waals surface area (Å²) in [6, 6.07) is 17.0. The van der Waals surface area contributed by atoms with E-state index in [0.717, 1.165) is 59.1 Å². The van der Waals surface area contributed by atoms with Crippen molar-refractivity contribution in [3.05, 3.63) is 83.4 Å². The van der Waals surface area contributed by atoms with Crippen LogP contribution in [0.4, 0.5) is 10.2 Å². The van der Waals surface area contributed by atoms with Gasteiger partial charge in [-0.1, -0.05) is 36.4 Å². The van der Waals surface area contributed by atoms with Crippen molar-refractivity contribution in [3.63, 3.8) is 0 Å². The summed E-state index contributed by atoms with van der Waals surface area (Å²) in [7, 11) is 1.68. The van der Waals surface area contributed by atoms with Crippen molar-refractivity contribution in [2.45, 2.75) is 57.5 Å². The highest BCUT2D eigenvalue weighted by Crippen LogP contribution is 2.37. The minimum absolute atomic E-state index is 0.0812. The molecule has 1 amide bonds. The lowest BCUT2D eigenvalue weighted by atomic mass is 9.91. The molecule has 41 heavy (non-hydrogen) atoms. The Morgan fingerprint density at radius 3 is 2.66 bits per heavy atom. The number of fused-ring (bicyclic) bond motifs is 1. The average molecular weight is 558 g/mol. The van der Waals surface area contributed by atoms with E-state index in [-0.39, 0.29) is 23.7 Å². The van der Waals surface area contributed by atoms with Gasteiger partial charge in [-0.25, -0.2) is 9.37 Å². The second-order valence-electron chi connectivity index (χ2n) is 11.2. The van der Waals surface area contributed by atoms with Crippen LogP contribution in [-0.2, 0) is 22.5 Å². The molecule has 1 aliphatic heterocycles. The first-order chi connectivity index (χ1) is 19.9. The molecule has 0 aliphatic carbocycles. The summed E-state index contributed by atoms with van der Waals surface area (Å²) < 4.78 is 22.4. The van der Waals surface area contributed by atoms with E-state index in [1.807, 2.05) is 29.2 Å². The number of piperidine rings is 1. The number of likely N-dealkylation sites (tertiary alicyclic amines) is 1. The maximum absolute atomic E-state index is 15.0. The van der Waals surface area contributed by atoms with Crippen molar-refractivity contribution in [1.29, 1.82) is 0 Å². The minimum atomic E-state index is -0.275. The third-order valence-electron chi connectivity index (χ3n) is 8.24. The number of carbonyl (C=O) groups is 1. The lowest BCUT2D eigenvalue weighted by Gasteiger charge is -2.34. The van der Waals surface area contributed by atoms with Crippen LogP contribution in [0, 0.1) is 12.7 Å². The van der Waals surface area contributed by atoms with Crippen LogP contribution in [0.1, 0.15) is 48.4 Å². The Hall–Kier alpha value is -3.75. The molecule has 2 aromatic carbocycles. The van der Waals surface area contributed by atoms with Crippen LogP contribution in [0.2, 0.25) is 0 Å². The normalized spacial score (nSPS) is 16.3. The number of ether oxygens (including phenoxy) is 1. The zero-order valence-corrected chi connectivity index (χ0v) is 24.0. The molecular weight excluding hydrogens is 517 g/mol. The first-order valence-electron chi connectivity index (χ1n) is 14.5. The zero-order valence-electron chi connectivity index (χ0n) is 24.0. The lowest BCUT2D eigenvalue weighted by Crippen LogP contribution is -2.42. The smallest absolute Gasteiger partial charge is 0.224 e. The van der Waals surface area contributed by atoms with E-state index in [2.05, 4.69) is 28.6 Å². The Morgan fingerprint density at radius 1 is 1.15 bits per heavy atom. The molecule has 1 saturated heterocycles. The molecule has 4 N–H and O–H groups in total. The lowest BCUT2D eigenvalue weighted by molar-refractivity contribution is -0.132. The number of methoxy groups -OCH3 is 1. The number of amides is 1. The predicted molar refractivity (Wildman–Crippen MR) is 162 cm³/mol. The molecule has 2 aromatic heterocycles. The fraction of sp³-hybridized carbons (Fsp3) is 0.394. The second kappa shape index (κ2) is 12.8. The van der Waals surface area contributed by atoms with Crippen LogP contribution in [-0.4, -0.2) is 53.2 Å². The Balaban J connectivity index is 1.25. The molecule has 8 heteroatoms. The molecule has 7 nitrogen and oxygen atoms in total. The Bertz CT molecular complexity index is 1480. The molecule has 1 fully saturated rings. The number of anilines is 1. The van der Waals surface area contributed by atoms with E-state index in [1.165, 1.54) is 6.07 Å². The van der Waals surface area contributed by atoms with E-state index in [4.69, 9.17) is 16.2 Å². The largest absolute Gasteiger partial charge is 0.385 e. The van der Waals surface area contributed by atoms with Gasteiger partial charge in [0.05, 0.1) is 5.52 Å². The van der Waals surface area contributed by atoms with E-state index >= 15 is 4.39 Å². The molecule has 1 aliphatic rings. The van der Waals surface area contributed by atoms with Crippen LogP contribution < -0.4 is 11.5 Å². The van der Waals surface area contributed by atoms with Gasteiger partial charge in [-0.3, -0.25) is 4.79 Å². The molecule has 3 heterocycles. The average Bonchev–Trinajstić information content (AvgIpc) is 3.26.